The molecule has 16 bridgehead atoms. The standard InChI is InChI=1S/C23H70O30Si20/c1-22-24-59(7)38-60(8,25-23-2)40-72(20)48-61(9,39-59)26-54-27-62(10)41-63(11)28-55(29-65(13,43-62)45-67(15,32-54)49-72)30-66(14)44-64(12,42-63)31-56-33-68(16,46-66)50-73(21)51-69(17,34-56)47-70(18)36-57(3,4)35-58(5,6)37-71(19,52-70)53-73/h54-56H,22-23H2,1-21H3. The number of hydrogen-bond donors (Lipinski definition) is 0. The van der Waals surface area contributed by atoms with Crippen molar-refractivity contribution in [2.45, 2.75) is 138 Å². The van der Waals surface area contributed by atoms with Gasteiger partial charge in [-0.05, 0) is 40.0 Å². The summed E-state index contributed by atoms with van der Waals surface area (Å²) >= 11 is 0. The molecule has 9 rings (SSSR count). The Hall–Kier alpha value is 3.14. The molecule has 0 spiro atoms. The molecule has 9 aliphatic rings. The molecule has 0 N–H and O–H groups in total. The maximum atomic E-state index is 6.99. The molecule has 9 aliphatic heterocycles. The summed E-state index contributed by atoms with van der Waals surface area (Å²) in [5.74, 6) is 0. The summed E-state index contributed by atoms with van der Waals surface area (Å²) < 4.78 is 204. The summed E-state index contributed by atoms with van der Waals surface area (Å²) in [4.78, 5) is 0. The molecule has 0 aromatic heterocycles. The lowest BCUT2D eigenvalue weighted by atomic mass is 10.9. The molecule has 50 heteroatoms. The van der Waals surface area contributed by atoms with Crippen LogP contribution in [0.4, 0.5) is 0 Å². The molecule has 0 aliphatic carbocycles. The van der Waals surface area contributed by atoms with Gasteiger partial charge in [-0.25, -0.2) is 0 Å². The van der Waals surface area contributed by atoms with Gasteiger partial charge in [0.1, 0.15) is 0 Å². The lowest BCUT2D eigenvalue weighted by molar-refractivity contribution is 0.0102. The predicted molar refractivity (Wildman–Crippen MR) is 284 cm³/mol. The minimum absolute atomic E-state index is 0.253. The third-order valence-corrected chi connectivity index (χ3v) is 93.2. The van der Waals surface area contributed by atoms with E-state index in [2.05, 4.69) is 0 Å². The summed E-state index contributed by atoms with van der Waals surface area (Å²) in [6.45, 7) is 36.8. The highest BCUT2D eigenvalue weighted by atomic mass is 28.6. The Labute approximate surface area is 450 Å². The van der Waals surface area contributed by atoms with Crippen LogP contribution in [0.3, 0.4) is 0 Å². The van der Waals surface area contributed by atoms with E-state index in [-0.39, 0.29) is 13.2 Å². The lowest BCUT2D eigenvalue weighted by Gasteiger charge is -2.56. The van der Waals surface area contributed by atoms with Gasteiger partial charge in [0, 0.05) is 111 Å². The Morgan fingerprint density at radius 2 is 0.397 bits per heavy atom. The molecule has 18 atom stereocenters. The van der Waals surface area contributed by atoms with Crippen LogP contribution in [0, 0.1) is 0 Å². The van der Waals surface area contributed by atoms with Crippen LogP contribution in [0.15, 0.2) is 0 Å². The van der Waals surface area contributed by atoms with Crippen molar-refractivity contribution in [2.24, 2.45) is 0 Å². The Balaban J connectivity index is 1.07. The Morgan fingerprint density at radius 3 is 0.644 bits per heavy atom. The van der Waals surface area contributed by atoms with E-state index in [0.29, 0.717) is 0 Å². The predicted octanol–water partition coefficient (Wildman–Crippen LogP) is 1.73. The van der Waals surface area contributed by atoms with Crippen molar-refractivity contribution in [1.82, 2.24) is 0 Å². The van der Waals surface area contributed by atoms with Crippen molar-refractivity contribution in [3.8, 4) is 0 Å². The normalized spacial score (nSPS) is 57.2. The fourth-order valence-corrected chi connectivity index (χ4v) is 110. The zero-order chi connectivity index (χ0) is 53.9. The van der Waals surface area contributed by atoms with Gasteiger partial charge in [-0.2, -0.15) is 0 Å². The average Bonchev–Trinajstić information content (AvgIpc) is 3.02. The molecule has 18 unspecified atom stereocenters. The Morgan fingerprint density at radius 1 is 0.219 bits per heavy atom. The molecule has 9 heterocycles. The maximum Gasteiger partial charge on any atom is 0.482 e. The molecule has 0 aromatic rings. The second-order valence-electron chi connectivity index (χ2n) is 20.5. The first-order valence-electron chi connectivity index (χ1n) is 23.6. The third kappa shape index (κ3) is 13.9. The fraction of sp³-hybridized carbons (Fsp3) is 1.00. The van der Waals surface area contributed by atoms with Gasteiger partial charge >= 0.3 is 178 Å². The molecule has 0 aromatic carbocycles. The lowest BCUT2D eigenvalue weighted by Crippen LogP contribution is -2.81. The van der Waals surface area contributed by atoms with Gasteiger partial charge in [-0.3, -0.25) is 0 Å². The van der Waals surface area contributed by atoms with Crippen LogP contribution in [0.1, 0.15) is 13.8 Å². The zero-order valence-electron chi connectivity index (χ0n) is 44.9. The maximum absolute atomic E-state index is 6.99. The highest BCUT2D eigenvalue weighted by Gasteiger charge is 2.76. The van der Waals surface area contributed by atoms with Gasteiger partial charge < -0.3 is 124 Å². The summed E-state index contributed by atoms with van der Waals surface area (Å²) in [5.41, 5.74) is 0. The smallest absolute Gasteiger partial charge is 0.416 e. The number of rotatable bonds is 4. The van der Waals surface area contributed by atoms with Gasteiger partial charge in [0.15, 0.2) is 0 Å². The van der Waals surface area contributed by atoms with E-state index in [1.54, 1.807) is 98.2 Å². The average molecular weight is 1390 g/mol. The zero-order valence-corrected chi connectivity index (χ0v) is 65.4. The van der Waals surface area contributed by atoms with E-state index >= 15 is 0 Å². The summed E-state index contributed by atoms with van der Waals surface area (Å²) in [6, 6.07) is 0. The van der Waals surface area contributed by atoms with Crippen molar-refractivity contribution in [3.05, 3.63) is 0 Å². The van der Waals surface area contributed by atoms with Crippen LogP contribution < -0.4 is 0 Å². The number of hydrogen-bond acceptors (Lipinski definition) is 30. The molecule has 422 valence electrons. The first-order chi connectivity index (χ1) is 32.9. The molecule has 30 nitrogen and oxygen atoms in total. The summed E-state index contributed by atoms with van der Waals surface area (Å²) in [6.07, 6.45) is 0. The molecule has 9 saturated heterocycles. The number of fused-ring (bicyclic) bond motifs is 16. The summed E-state index contributed by atoms with van der Waals surface area (Å²) in [7, 11) is -77.0. The molecule has 0 amide bonds. The van der Waals surface area contributed by atoms with Crippen LogP contribution in [-0.2, 0) is 124 Å². The van der Waals surface area contributed by atoms with Crippen LogP contribution >= 0.6 is 0 Å². The van der Waals surface area contributed by atoms with Crippen molar-refractivity contribution in [2.75, 3.05) is 13.2 Å². The van der Waals surface area contributed by atoms with E-state index in [4.69, 9.17) is 124 Å². The van der Waals surface area contributed by atoms with Crippen molar-refractivity contribution < 1.29 is 124 Å². The van der Waals surface area contributed by atoms with Gasteiger partial charge in [0.05, 0.1) is 0 Å². The van der Waals surface area contributed by atoms with Crippen LogP contribution in [0.5, 0.6) is 0 Å². The minimum atomic E-state index is -4.21. The topological polar surface area (TPSA) is 277 Å². The molecular weight excluding hydrogens is 1320 g/mol. The van der Waals surface area contributed by atoms with E-state index in [9.17, 15) is 0 Å². The Bertz CT molecular complexity index is 2150. The fourth-order valence-electron chi connectivity index (χ4n) is 10.3. The molecular formula is C23H70O30Si20. The van der Waals surface area contributed by atoms with Crippen molar-refractivity contribution in [3.63, 3.8) is 0 Å². The van der Waals surface area contributed by atoms with E-state index in [1.165, 1.54) is 0 Å². The first kappa shape index (κ1) is 60.7. The van der Waals surface area contributed by atoms with Gasteiger partial charge in [-0.15, -0.1) is 0 Å². The first-order valence-corrected chi connectivity index (χ1v) is 66.9. The quantitative estimate of drug-likeness (QED) is 0.363. The van der Waals surface area contributed by atoms with Crippen LogP contribution in [0.25, 0.3) is 0 Å². The Kier molecular flexibility index (Phi) is 16.1. The highest BCUT2D eigenvalue weighted by molar-refractivity contribution is 7.01. The van der Waals surface area contributed by atoms with Gasteiger partial charge in [0.2, 0.25) is 0 Å². The third-order valence-electron chi connectivity index (χ3n) is 10.9. The molecule has 73 heavy (non-hydrogen) atoms. The SMILES string of the molecule is CCO[Si]1(C)O[Si](C)(OCC)O[Si]2(C)O[Si](C)(O[SiH]3O[Si]4(C)O[Si]5(C)O[SiH](O[Si](C)(O4)O[Si](C)(O3)O2)O[Si]2(C)O[Si](C)(O[SiH]3O[Si](C)(O2)O[Si]2(C)O[Si](C)(O3)O[Si]3(C)O[Si](C)(C)O[Si](C)(C)O[Si](C)(O3)O2)O5)O1. The van der Waals surface area contributed by atoms with Crippen LogP contribution in [0.2, 0.25) is 124 Å². The highest BCUT2D eigenvalue weighted by Crippen LogP contribution is 2.46. The molecule has 0 radical (unpaired) electrons. The van der Waals surface area contributed by atoms with Gasteiger partial charge in [-0.1, -0.05) is 0 Å². The van der Waals surface area contributed by atoms with E-state index in [0.717, 1.165) is 0 Å². The second kappa shape index (κ2) is 19.3. The largest absolute Gasteiger partial charge is 0.482 e. The molecule has 0 saturated carbocycles. The van der Waals surface area contributed by atoms with Crippen molar-refractivity contribution >= 4 is 178 Å². The van der Waals surface area contributed by atoms with E-state index < -0.39 is 178 Å². The monoisotopic (exact) mass is 1390 g/mol. The van der Waals surface area contributed by atoms with E-state index in [1.807, 2.05) is 40.0 Å². The van der Waals surface area contributed by atoms with Crippen molar-refractivity contribution in [1.29, 1.82) is 0 Å². The summed E-state index contributed by atoms with van der Waals surface area (Å²) in [5, 5.41) is 0. The van der Waals surface area contributed by atoms with Crippen LogP contribution in [-0.4, -0.2) is 191 Å². The molecule has 9 fully saturated rings. The minimum Gasteiger partial charge on any atom is -0.416 e. The second-order valence-corrected chi connectivity index (χ2v) is 78.2. The van der Waals surface area contributed by atoms with Gasteiger partial charge in [0.25, 0.3) is 0 Å².